The monoisotopic (exact) mass is 315 g/mol. The van der Waals surface area contributed by atoms with E-state index in [1.54, 1.807) is 12.5 Å². The number of nitrogens with one attached hydrogen (secondary N) is 1. The molecule has 0 saturated carbocycles. The van der Waals surface area contributed by atoms with Gasteiger partial charge in [-0.15, -0.1) is 6.58 Å². The molecule has 6 nitrogen and oxygen atoms in total. The molecule has 0 fully saturated rings. The van der Waals surface area contributed by atoms with E-state index < -0.39 is 0 Å². The molecule has 1 amide bonds. The van der Waals surface area contributed by atoms with Crippen LogP contribution in [-0.4, -0.2) is 31.8 Å². The van der Waals surface area contributed by atoms with Gasteiger partial charge in [0.1, 0.15) is 0 Å². The third-order valence-electron chi connectivity index (χ3n) is 3.91. The second-order valence-electron chi connectivity index (χ2n) is 5.62. The zero-order valence-corrected chi connectivity index (χ0v) is 14.0. The molecule has 0 bridgehead atoms. The maximum absolute atomic E-state index is 12.0. The van der Waals surface area contributed by atoms with E-state index >= 15 is 0 Å². The molecule has 0 radical (unpaired) electrons. The highest BCUT2D eigenvalue weighted by molar-refractivity contribution is 5.76. The maximum atomic E-state index is 12.0. The van der Waals surface area contributed by atoms with Gasteiger partial charge in [0.25, 0.3) is 0 Å². The number of hydrogen-bond acceptors (Lipinski definition) is 3. The third kappa shape index (κ3) is 4.81. The van der Waals surface area contributed by atoms with Crippen molar-refractivity contribution in [1.82, 2.24) is 24.6 Å². The summed E-state index contributed by atoms with van der Waals surface area (Å²) in [6, 6.07) is 0. The van der Waals surface area contributed by atoms with Crippen LogP contribution < -0.4 is 5.32 Å². The minimum absolute atomic E-state index is 0.0888. The van der Waals surface area contributed by atoms with Crippen molar-refractivity contribution in [3.63, 3.8) is 0 Å². The summed E-state index contributed by atoms with van der Waals surface area (Å²) >= 11 is 0. The van der Waals surface area contributed by atoms with Crippen LogP contribution in [-0.2, 0) is 24.3 Å². The van der Waals surface area contributed by atoms with Crippen molar-refractivity contribution in [3.8, 4) is 0 Å². The summed E-state index contributed by atoms with van der Waals surface area (Å²) in [4.78, 5) is 16.0. The van der Waals surface area contributed by atoms with E-state index in [-0.39, 0.29) is 5.91 Å². The average molecular weight is 315 g/mol. The van der Waals surface area contributed by atoms with Gasteiger partial charge in [0.05, 0.1) is 18.6 Å². The van der Waals surface area contributed by atoms with Crippen LogP contribution in [0.3, 0.4) is 0 Å². The Balaban J connectivity index is 1.72. The predicted molar refractivity (Wildman–Crippen MR) is 90.1 cm³/mol. The summed E-state index contributed by atoms with van der Waals surface area (Å²) in [7, 11) is 0. The number of aromatic nitrogens is 4. The lowest BCUT2D eigenvalue weighted by molar-refractivity contribution is -0.121. The number of carbonyl (C=O) groups is 1. The first kappa shape index (κ1) is 17.0. The molecular formula is C17H25N5O. The van der Waals surface area contributed by atoms with E-state index in [9.17, 15) is 4.79 Å². The highest BCUT2D eigenvalue weighted by Gasteiger charge is 2.12. The van der Waals surface area contributed by atoms with Gasteiger partial charge >= 0.3 is 0 Å². The fourth-order valence-electron chi connectivity index (χ4n) is 2.63. The summed E-state index contributed by atoms with van der Waals surface area (Å²) in [6.45, 7) is 10.0. The van der Waals surface area contributed by atoms with Gasteiger partial charge in [-0.2, -0.15) is 5.10 Å². The normalized spacial score (nSPS) is 10.7. The predicted octanol–water partition coefficient (Wildman–Crippen LogP) is 2.02. The molecule has 124 valence electrons. The van der Waals surface area contributed by atoms with Gasteiger partial charge in [-0.1, -0.05) is 6.08 Å². The minimum Gasteiger partial charge on any atom is -0.356 e. The highest BCUT2D eigenvalue weighted by atomic mass is 16.1. The molecule has 2 aromatic heterocycles. The summed E-state index contributed by atoms with van der Waals surface area (Å²) in [6.07, 6.45) is 9.42. The fourth-order valence-corrected chi connectivity index (χ4v) is 2.63. The number of amides is 1. The smallest absolute Gasteiger partial charge is 0.220 e. The SMILES string of the molecule is C=CCn1nc(C)c(CCC(=O)NCCCn2ccnc2)c1C. The Kier molecular flexibility index (Phi) is 6.14. The van der Waals surface area contributed by atoms with Crippen molar-refractivity contribution < 1.29 is 4.79 Å². The first-order valence-corrected chi connectivity index (χ1v) is 7.98. The van der Waals surface area contributed by atoms with E-state index in [1.807, 2.05) is 35.4 Å². The van der Waals surface area contributed by atoms with Crippen LogP contribution in [0.15, 0.2) is 31.4 Å². The highest BCUT2D eigenvalue weighted by Crippen LogP contribution is 2.15. The standard InChI is InChI=1S/C17H25N5O/c1-4-10-22-15(3)16(14(2)20-22)6-7-17(23)19-8-5-11-21-12-9-18-13-21/h4,9,12-13H,1,5-8,10-11H2,2-3H3,(H,19,23). The molecule has 0 saturated heterocycles. The van der Waals surface area contributed by atoms with Gasteiger partial charge in [0.2, 0.25) is 5.91 Å². The number of nitrogens with zero attached hydrogens (tertiary/aromatic N) is 4. The van der Waals surface area contributed by atoms with Crippen LogP contribution in [0.2, 0.25) is 0 Å². The third-order valence-corrected chi connectivity index (χ3v) is 3.91. The molecule has 2 aromatic rings. The van der Waals surface area contributed by atoms with E-state index in [1.165, 1.54) is 5.56 Å². The van der Waals surface area contributed by atoms with E-state index in [2.05, 4.69) is 22.0 Å². The van der Waals surface area contributed by atoms with Crippen LogP contribution in [0.1, 0.15) is 29.8 Å². The van der Waals surface area contributed by atoms with E-state index in [4.69, 9.17) is 0 Å². The van der Waals surface area contributed by atoms with Crippen LogP contribution in [0.5, 0.6) is 0 Å². The topological polar surface area (TPSA) is 64.7 Å². The number of allylic oxidation sites excluding steroid dienone is 1. The Hall–Kier alpha value is -2.37. The summed E-state index contributed by atoms with van der Waals surface area (Å²) in [5.41, 5.74) is 3.29. The molecule has 0 aliphatic carbocycles. The Bertz CT molecular complexity index is 642. The molecule has 6 heteroatoms. The molecule has 2 rings (SSSR count). The van der Waals surface area contributed by atoms with Crippen LogP contribution >= 0.6 is 0 Å². The molecule has 0 unspecified atom stereocenters. The molecule has 0 aliphatic heterocycles. The first-order valence-electron chi connectivity index (χ1n) is 7.98. The van der Waals surface area contributed by atoms with Gasteiger partial charge in [-0.25, -0.2) is 4.98 Å². The Labute approximate surface area is 137 Å². The first-order chi connectivity index (χ1) is 11.1. The molecule has 0 spiro atoms. The second-order valence-corrected chi connectivity index (χ2v) is 5.62. The lowest BCUT2D eigenvalue weighted by atomic mass is 10.1. The molecular weight excluding hydrogens is 290 g/mol. The Morgan fingerprint density at radius 1 is 1.43 bits per heavy atom. The summed E-state index contributed by atoms with van der Waals surface area (Å²) in [5.74, 6) is 0.0888. The van der Waals surface area contributed by atoms with Gasteiger partial charge in [-0.05, 0) is 32.3 Å². The van der Waals surface area contributed by atoms with Crippen LogP contribution in [0.4, 0.5) is 0 Å². The molecule has 23 heavy (non-hydrogen) atoms. The van der Waals surface area contributed by atoms with Crippen molar-refractivity contribution in [2.45, 2.75) is 46.2 Å². The van der Waals surface area contributed by atoms with Gasteiger partial charge in [0.15, 0.2) is 0 Å². The number of aryl methyl sites for hydroxylation is 2. The maximum Gasteiger partial charge on any atom is 0.220 e. The number of hydrogen-bond donors (Lipinski definition) is 1. The van der Waals surface area contributed by atoms with E-state index in [0.29, 0.717) is 19.5 Å². The molecule has 1 N–H and O–H groups in total. The van der Waals surface area contributed by atoms with Crippen molar-refractivity contribution in [3.05, 3.63) is 48.3 Å². The van der Waals surface area contributed by atoms with Gasteiger partial charge in [0, 0.05) is 37.6 Å². The summed E-state index contributed by atoms with van der Waals surface area (Å²) < 4.78 is 3.94. The largest absolute Gasteiger partial charge is 0.356 e. The average Bonchev–Trinajstić information content (AvgIpc) is 3.12. The van der Waals surface area contributed by atoms with Crippen molar-refractivity contribution >= 4 is 5.91 Å². The number of rotatable bonds is 9. The molecule has 0 atom stereocenters. The van der Waals surface area contributed by atoms with Crippen molar-refractivity contribution in [2.24, 2.45) is 0 Å². The molecule has 2 heterocycles. The lowest BCUT2D eigenvalue weighted by Gasteiger charge is -2.06. The van der Waals surface area contributed by atoms with Crippen molar-refractivity contribution in [1.29, 1.82) is 0 Å². The fraction of sp³-hybridized carbons (Fsp3) is 0.471. The van der Waals surface area contributed by atoms with Crippen LogP contribution in [0, 0.1) is 13.8 Å². The molecule has 0 aliphatic rings. The zero-order valence-electron chi connectivity index (χ0n) is 14.0. The molecule has 0 aromatic carbocycles. The van der Waals surface area contributed by atoms with Gasteiger partial charge < -0.3 is 9.88 Å². The lowest BCUT2D eigenvalue weighted by Crippen LogP contribution is -2.25. The van der Waals surface area contributed by atoms with E-state index in [0.717, 1.165) is 30.8 Å². The minimum atomic E-state index is 0.0888. The van der Waals surface area contributed by atoms with Gasteiger partial charge in [-0.3, -0.25) is 9.48 Å². The van der Waals surface area contributed by atoms with Crippen LogP contribution in [0.25, 0.3) is 0 Å². The number of imidazole rings is 1. The quantitative estimate of drug-likeness (QED) is 0.569. The Morgan fingerprint density at radius 3 is 2.96 bits per heavy atom. The number of carbonyl (C=O) groups excluding carboxylic acids is 1. The summed E-state index contributed by atoms with van der Waals surface area (Å²) in [5, 5.41) is 7.46. The zero-order chi connectivity index (χ0) is 16.7. The Morgan fingerprint density at radius 2 is 2.26 bits per heavy atom. The second kappa shape index (κ2) is 8.31. The van der Waals surface area contributed by atoms with Crippen molar-refractivity contribution in [2.75, 3.05) is 6.54 Å².